The zero-order valence-corrected chi connectivity index (χ0v) is 15.1. The second-order valence-electron chi connectivity index (χ2n) is 10.1. The van der Waals surface area contributed by atoms with Crippen LogP contribution in [0.25, 0.3) is 0 Å². The maximum Gasteiger partial charge on any atom is 0.211 e. The third-order valence-electron chi connectivity index (χ3n) is 9.14. The van der Waals surface area contributed by atoms with Crippen molar-refractivity contribution in [2.75, 3.05) is 0 Å². The van der Waals surface area contributed by atoms with Crippen LogP contribution < -0.4 is 0 Å². The quantitative estimate of drug-likeness (QED) is 0.550. The fourth-order valence-corrected chi connectivity index (χ4v) is 8.38. The Morgan fingerprint density at radius 2 is 1.92 bits per heavy atom. The molecule has 0 amide bonds. The molecule has 0 aromatic rings. The number of carbonyl (C=O) groups excluding carboxylic acids is 1. The normalized spacial score (nSPS) is 64.0. The summed E-state index contributed by atoms with van der Waals surface area (Å²) < 4.78 is 12.3. The van der Waals surface area contributed by atoms with Gasteiger partial charge in [-0.25, -0.2) is 0 Å². The van der Waals surface area contributed by atoms with Gasteiger partial charge in [0.1, 0.15) is 11.5 Å². The molecular formula is C20H26O6. The second-order valence-corrected chi connectivity index (χ2v) is 10.1. The summed E-state index contributed by atoms with van der Waals surface area (Å²) in [6.07, 6.45) is -0.473. The molecular weight excluding hydrogens is 336 g/mol. The molecule has 6 nitrogen and oxygen atoms in total. The summed E-state index contributed by atoms with van der Waals surface area (Å²) in [5, 5.41) is 34.3. The minimum atomic E-state index is -1.97. The lowest BCUT2D eigenvalue weighted by Gasteiger charge is -2.79. The first kappa shape index (κ1) is 16.2. The standard InChI is InChI=1S/C20H26O6/c1-8-9-4-5-10-18-11(21)6-7-17(2,3)12(18)14(23)20(24)19(10,13(8)22)15(9)25-16(18)26-20/h9-12,14-16,21,23-24H,1,4-7H2,2-3H3/t9-,10?,11-,12+,14-,15?,16?,18-,19-,20-/m0/s1. The first-order valence-electron chi connectivity index (χ1n) is 9.80. The zero-order chi connectivity index (χ0) is 18.4. The van der Waals surface area contributed by atoms with Crippen molar-refractivity contribution in [1.82, 2.24) is 0 Å². The van der Waals surface area contributed by atoms with Gasteiger partial charge in [0.15, 0.2) is 12.1 Å². The van der Waals surface area contributed by atoms with Gasteiger partial charge >= 0.3 is 0 Å². The molecule has 8 fully saturated rings. The number of rotatable bonds is 0. The molecule has 4 aliphatic carbocycles. The fourth-order valence-electron chi connectivity index (χ4n) is 8.38. The van der Waals surface area contributed by atoms with Gasteiger partial charge in [-0.15, -0.1) is 0 Å². The van der Waals surface area contributed by atoms with E-state index >= 15 is 0 Å². The Bertz CT molecular complexity index is 761. The third kappa shape index (κ3) is 1.19. The van der Waals surface area contributed by atoms with Crippen molar-refractivity contribution in [2.45, 2.75) is 69.9 Å². The number of aliphatic hydroxyl groups is 3. The van der Waals surface area contributed by atoms with E-state index < -0.39 is 47.1 Å². The number of ketones is 1. The average Bonchev–Trinajstić information content (AvgIpc) is 2.71. The topological polar surface area (TPSA) is 96.2 Å². The maximum absolute atomic E-state index is 13.4. The molecule has 7 bridgehead atoms. The van der Waals surface area contributed by atoms with Gasteiger partial charge < -0.3 is 24.8 Å². The van der Waals surface area contributed by atoms with Crippen molar-refractivity contribution in [1.29, 1.82) is 0 Å². The van der Waals surface area contributed by atoms with Gasteiger partial charge in [0, 0.05) is 11.8 Å². The van der Waals surface area contributed by atoms with Gasteiger partial charge in [-0.05, 0) is 42.6 Å². The molecule has 8 rings (SSSR count). The van der Waals surface area contributed by atoms with Crippen molar-refractivity contribution in [3.05, 3.63) is 12.2 Å². The molecule has 4 saturated heterocycles. The van der Waals surface area contributed by atoms with Crippen molar-refractivity contribution >= 4 is 5.78 Å². The van der Waals surface area contributed by atoms with E-state index in [2.05, 4.69) is 20.4 Å². The summed E-state index contributed by atoms with van der Waals surface area (Å²) in [5.74, 6) is -2.99. The second kappa shape index (κ2) is 4.13. The number of hydrogen-bond donors (Lipinski definition) is 3. The summed E-state index contributed by atoms with van der Waals surface area (Å²) in [4.78, 5) is 13.4. The van der Waals surface area contributed by atoms with Crippen LogP contribution in [0, 0.1) is 34.0 Å². The minimum absolute atomic E-state index is 0.133. The summed E-state index contributed by atoms with van der Waals surface area (Å²) >= 11 is 0. The van der Waals surface area contributed by atoms with Crippen LogP contribution >= 0.6 is 0 Å². The molecule has 2 spiro atoms. The van der Waals surface area contributed by atoms with Gasteiger partial charge in [0.05, 0.1) is 17.6 Å². The summed E-state index contributed by atoms with van der Waals surface area (Å²) in [5.41, 5.74) is -2.03. The Morgan fingerprint density at radius 1 is 1.19 bits per heavy atom. The van der Waals surface area contributed by atoms with Gasteiger partial charge in [-0.3, -0.25) is 4.79 Å². The van der Waals surface area contributed by atoms with Gasteiger partial charge in [-0.2, -0.15) is 0 Å². The molecule has 142 valence electrons. The number of Topliss-reactive ketones (excluding diaryl/α,β-unsaturated/α-hetero) is 1. The number of ether oxygens (including phenoxy) is 2. The van der Waals surface area contributed by atoms with Crippen molar-refractivity contribution in [2.24, 2.45) is 34.0 Å². The van der Waals surface area contributed by atoms with Crippen molar-refractivity contribution in [3.63, 3.8) is 0 Å². The van der Waals surface area contributed by atoms with E-state index in [9.17, 15) is 20.1 Å². The largest absolute Gasteiger partial charge is 0.392 e. The van der Waals surface area contributed by atoms with Crippen molar-refractivity contribution in [3.8, 4) is 0 Å². The molecule has 26 heavy (non-hydrogen) atoms. The lowest BCUT2D eigenvalue weighted by Crippen LogP contribution is -2.91. The highest BCUT2D eigenvalue weighted by molar-refractivity contribution is 6.05. The highest BCUT2D eigenvalue weighted by Gasteiger charge is 2.92. The molecule has 4 heterocycles. The molecule has 0 radical (unpaired) electrons. The molecule has 4 aliphatic heterocycles. The van der Waals surface area contributed by atoms with Gasteiger partial charge in [-0.1, -0.05) is 20.4 Å². The van der Waals surface area contributed by atoms with E-state index in [-0.39, 0.29) is 23.0 Å². The highest BCUT2D eigenvalue weighted by atomic mass is 16.8. The highest BCUT2D eigenvalue weighted by Crippen LogP contribution is 2.81. The Balaban J connectivity index is 1.70. The van der Waals surface area contributed by atoms with E-state index in [1.54, 1.807) is 0 Å². The molecule has 3 N–H and O–H groups in total. The molecule has 0 aromatic heterocycles. The van der Waals surface area contributed by atoms with Crippen LogP contribution in [0.4, 0.5) is 0 Å². The monoisotopic (exact) mass is 362 g/mol. The third-order valence-corrected chi connectivity index (χ3v) is 9.14. The zero-order valence-electron chi connectivity index (χ0n) is 15.1. The van der Waals surface area contributed by atoms with Crippen LogP contribution in [0.3, 0.4) is 0 Å². The van der Waals surface area contributed by atoms with E-state index in [4.69, 9.17) is 9.47 Å². The Kier molecular flexibility index (Phi) is 2.57. The SMILES string of the molecule is C=C1C(=O)[C@@]23C4OC5O[C@@]2(O)[C@@H](O)[C@@H]2C(C)(C)CC[C@H](O)[C@]52C3CC[C@@H]14. The van der Waals surface area contributed by atoms with E-state index in [0.29, 0.717) is 18.4 Å². The smallest absolute Gasteiger partial charge is 0.211 e. The molecule has 3 unspecified atom stereocenters. The van der Waals surface area contributed by atoms with Crippen LogP contribution in [0.1, 0.15) is 39.5 Å². The van der Waals surface area contributed by atoms with Gasteiger partial charge in [0.25, 0.3) is 0 Å². The maximum atomic E-state index is 13.4. The first-order valence-corrected chi connectivity index (χ1v) is 9.80. The molecule has 6 heteroatoms. The van der Waals surface area contributed by atoms with Crippen LogP contribution in [-0.4, -0.2) is 51.5 Å². The number of carbonyl (C=O) groups is 1. The summed E-state index contributed by atoms with van der Waals surface area (Å²) in [6, 6.07) is 0. The number of aliphatic hydroxyl groups excluding tert-OH is 2. The predicted octanol–water partition coefficient (Wildman–Crippen LogP) is 0.740. The van der Waals surface area contributed by atoms with E-state index in [1.807, 2.05) is 0 Å². The molecule has 8 aliphatic rings. The summed E-state index contributed by atoms with van der Waals surface area (Å²) in [6.45, 7) is 8.14. The predicted molar refractivity (Wildman–Crippen MR) is 88.4 cm³/mol. The molecule has 4 saturated carbocycles. The van der Waals surface area contributed by atoms with Crippen LogP contribution in [-0.2, 0) is 14.3 Å². The van der Waals surface area contributed by atoms with Gasteiger partial charge in [0.2, 0.25) is 5.79 Å². The Hall–Kier alpha value is -0.790. The van der Waals surface area contributed by atoms with E-state index in [1.165, 1.54) is 0 Å². The minimum Gasteiger partial charge on any atom is -0.392 e. The lowest BCUT2D eigenvalue weighted by atomic mass is 9.34. The van der Waals surface area contributed by atoms with Crippen LogP contribution in [0.5, 0.6) is 0 Å². The van der Waals surface area contributed by atoms with Crippen LogP contribution in [0.2, 0.25) is 0 Å². The molecule has 10 atom stereocenters. The molecule has 0 aromatic carbocycles. The van der Waals surface area contributed by atoms with Crippen LogP contribution in [0.15, 0.2) is 12.2 Å². The lowest BCUT2D eigenvalue weighted by molar-refractivity contribution is -0.556. The fraction of sp³-hybridized carbons (Fsp3) is 0.850. The Labute approximate surface area is 152 Å². The average molecular weight is 362 g/mol. The Morgan fingerprint density at radius 3 is 2.65 bits per heavy atom. The van der Waals surface area contributed by atoms with Crippen molar-refractivity contribution < 1.29 is 29.6 Å². The summed E-state index contributed by atoms with van der Waals surface area (Å²) in [7, 11) is 0. The van der Waals surface area contributed by atoms with E-state index in [0.717, 1.165) is 12.8 Å². The first-order chi connectivity index (χ1) is 12.1. The number of hydrogen-bond acceptors (Lipinski definition) is 6.